The Morgan fingerprint density at radius 1 is 1.29 bits per heavy atom. The Balaban J connectivity index is 0.00000192. The maximum atomic E-state index is 12.4. The molecule has 0 radical (unpaired) electrons. The number of rotatable bonds is 2. The number of nitrogens with one attached hydrogen (secondary N) is 2. The van der Waals surface area contributed by atoms with E-state index in [1.807, 2.05) is 25.4 Å². The van der Waals surface area contributed by atoms with Crippen molar-refractivity contribution >= 4 is 24.1 Å². The van der Waals surface area contributed by atoms with Crippen LogP contribution in [0.25, 0.3) is 11.3 Å². The minimum Gasteiger partial charge on any atom is -0.311 e. The van der Waals surface area contributed by atoms with E-state index >= 15 is 0 Å². The largest absolute Gasteiger partial charge is 0.311 e. The Bertz CT molecular complexity index is 987. The molecule has 8 nitrogen and oxygen atoms in total. The second-order valence-corrected chi connectivity index (χ2v) is 7.10. The maximum Gasteiger partial charge on any atom is 0.226 e. The number of halogens is 1. The fourth-order valence-electron chi connectivity index (χ4n) is 4.01. The van der Waals surface area contributed by atoms with E-state index in [2.05, 4.69) is 31.5 Å². The van der Waals surface area contributed by atoms with Crippen molar-refractivity contribution < 1.29 is 4.79 Å². The average Bonchev–Trinajstić information content (AvgIpc) is 3.16. The fourth-order valence-corrected chi connectivity index (χ4v) is 4.01. The van der Waals surface area contributed by atoms with E-state index in [1.165, 1.54) is 5.69 Å². The molecule has 0 saturated heterocycles. The number of nitrogens with zero attached hydrogens (tertiary/aromatic N) is 5. The van der Waals surface area contributed by atoms with Crippen LogP contribution < -0.4 is 10.6 Å². The molecule has 5 rings (SSSR count). The van der Waals surface area contributed by atoms with E-state index < -0.39 is 0 Å². The molecule has 0 aromatic carbocycles. The van der Waals surface area contributed by atoms with Crippen LogP contribution in [0.15, 0.2) is 30.6 Å². The molecule has 0 spiro atoms. The molecule has 5 heterocycles. The number of fused-ring (bicyclic) bond motifs is 2. The molecule has 1 unspecified atom stereocenters. The predicted octanol–water partition coefficient (Wildman–Crippen LogP) is 2.07. The zero-order valence-electron chi connectivity index (χ0n) is 15.6. The maximum absolute atomic E-state index is 12.4. The van der Waals surface area contributed by atoms with Crippen molar-refractivity contribution in [2.75, 3.05) is 11.9 Å². The van der Waals surface area contributed by atoms with Gasteiger partial charge in [-0.3, -0.25) is 19.1 Å². The van der Waals surface area contributed by atoms with Crippen molar-refractivity contribution in [2.45, 2.75) is 31.8 Å². The van der Waals surface area contributed by atoms with Crippen molar-refractivity contribution in [1.82, 2.24) is 29.9 Å². The number of hydrogen-bond acceptors (Lipinski definition) is 5. The lowest BCUT2D eigenvalue weighted by molar-refractivity contribution is -0.116. The lowest BCUT2D eigenvalue weighted by atomic mass is 9.87. The summed E-state index contributed by atoms with van der Waals surface area (Å²) in [5, 5.41) is 15.9. The Morgan fingerprint density at radius 2 is 2.18 bits per heavy atom. The van der Waals surface area contributed by atoms with Crippen LogP contribution >= 0.6 is 12.4 Å². The number of pyridine rings is 1. The Labute approximate surface area is 168 Å². The first kappa shape index (κ1) is 18.6. The molecule has 1 amide bonds. The van der Waals surface area contributed by atoms with Gasteiger partial charge in [0.05, 0.1) is 17.1 Å². The molecule has 3 aromatic heterocycles. The molecular weight excluding hydrogens is 378 g/mol. The molecule has 28 heavy (non-hydrogen) atoms. The first-order chi connectivity index (χ1) is 13.2. The van der Waals surface area contributed by atoms with E-state index in [4.69, 9.17) is 5.10 Å². The highest BCUT2D eigenvalue weighted by molar-refractivity contribution is 5.96. The molecule has 0 saturated carbocycles. The van der Waals surface area contributed by atoms with Crippen LogP contribution in [-0.4, -0.2) is 37.0 Å². The molecule has 9 heteroatoms. The van der Waals surface area contributed by atoms with Gasteiger partial charge in [-0.25, -0.2) is 0 Å². The van der Waals surface area contributed by atoms with Crippen LogP contribution in [0.2, 0.25) is 0 Å². The summed E-state index contributed by atoms with van der Waals surface area (Å²) in [6, 6.07) is 6.03. The van der Waals surface area contributed by atoms with Crippen molar-refractivity contribution in [3.63, 3.8) is 0 Å². The summed E-state index contributed by atoms with van der Waals surface area (Å²) in [6.45, 7) is 2.71. The van der Waals surface area contributed by atoms with Gasteiger partial charge >= 0.3 is 0 Å². The minimum atomic E-state index is -0.114. The predicted molar refractivity (Wildman–Crippen MR) is 107 cm³/mol. The third-order valence-corrected chi connectivity index (χ3v) is 5.28. The topological polar surface area (TPSA) is 89.7 Å². The smallest absolute Gasteiger partial charge is 0.226 e. The van der Waals surface area contributed by atoms with Crippen molar-refractivity contribution in [3.05, 3.63) is 47.5 Å². The molecule has 3 aromatic rings. The monoisotopic (exact) mass is 399 g/mol. The first-order valence-electron chi connectivity index (χ1n) is 9.25. The van der Waals surface area contributed by atoms with E-state index in [9.17, 15) is 4.79 Å². The van der Waals surface area contributed by atoms with Crippen LogP contribution in [0, 0.1) is 0 Å². The van der Waals surface area contributed by atoms with Gasteiger partial charge in [-0.1, -0.05) is 0 Å². The summed E-state index contributed by atoms with van der Waals surface area (Å²) in [6.07, 6.45) is 4.98. The lowest BCUT2D eigenvalue weighted by Crippen LogP contribution is -2.25. The quantitative estimate of drug-likeness (QED) is 0.688. The summed E-state index contributed by atoms with van der Waals surface area (Å²) in [7, 11) is 1.85. The third kappa shape index (κ3) is 3.08. The van der Waals surface area contributed by atoms with Gasteiger partial charge in [-0.05, 0) is 31.2 Å². The number of amides is 1. The molecule has 2 aliphatic rings. The van der Waals surface area contributed by atoms with Gasteiger partial charge in [-0.15, -0.1) is 12.4 Å². The third-order valence-electron chi connectivity index (χ3n) is 5.28. The van der Waals surface area contributed by atoms with Crippen molar-refractivity contribution in [2.24, 2.45) is 7.05 Å². The van der Waals surface area contributed by atoms with Crippen molar-refractivity contribution in [1.29, 1.82) is 0 Å². The molecule has 2 N–H and O–H groups in total. The van der Waals surface area contributed by atoms with E-state index in [1.54, 1.807) is 10.9 Å². The Morgan fingerprint density at radius 3 is 3.00 bits per heavy atom. The van der Waals surface area contributed by atoms with Gasteiger partial charge in [0.1, 0.15) is 5.82 Å². The van der Waals surface area contributed by atoms with E-state index in [-0.39, 0.29) is 24.2 Å². The standard InChI is InChI=1S/C19H21N7O.ClH/c1-25-19-17(18(24-25)12-4-2-5-20-10-12)14(9-16(27)22-19)15-8-13-11-21-6-3-7-26(13)23-15;/h2,4-5,8,10,14,21H,3,6-7,9,11H2,1H3,(H,22,27);1H. The number of anilines is 1. The highest BCUT2D eigenvalue weighted by Gasteiger charge is 2.35. The molecule has 0 fully saturated rings. The number of aromatic nitrogens is 5. The van der Waals surface area contributed by atoms with Gasteiger partial charge < -0.3 is 10.6 Å². The van der Waals surface area contributed by atoms with Crippen LogP contribution in [0.1, 0.15) is 35.7 Å². The molecule has 146 valence electrons. The summed E-state index contributed by atoms with van der Waals surface area (Å²) in [5.41, 5.74) is 4.92. The molecule has 0 aliphatic carbocycles. The zero-order valence-corrected chi connectivity index (χ0v) is 16.4. The number of carbonyl (C=O) groups is 1. The van der Waals surface area contributed by atoms with Gasteiger partial charge in [-0.2, -0.15) is 10.2 Å². The van der Waals surface area contributed by atoms with E-state index in [0.29, 0.717) is 6.42 Å². The highest BCUT2D eigenvalue weighted by Crippen LogP contribution is 2.42. The normalized spacial score (nSPS) is 18.5. The molecule has 1 atom stereocenters. The van der Waals surface area contributed by atoms with Crippen LogP contribution in [-0.2, 0) is 24.9 Å². The van der Waals surface area contributed by atoms with Gasteiger partial charge in [0.2, 0.25) is 5.91 Å². The highest BCUT2D eigenvalue weighted by atomic mass is 35.5. The second kappa shape index (κ2) is 7.37. The Hall–Kier alpha value is -2.71. The minimum absolute atomic E-state index is 0. The fraction of sp³-hybridized carbons (Fsp3) is 0.368. The van der Waals surface area contributed by atoms with Crippen LogP contribution in [0.3, 0.4) is 0 Å². The second-order valence-electron chi connectivity index (χ2n) is 7.10. The van der Waals surface area contributed by atoms with E-state index in [0.717, 1.165) is 54.4 Å². The number of hydrogen-bond donors (Lipinski definition) is 2. The van der Waals surface area contributed by atoms with Crippen molar-refractivity contribution in [3.8, 4) is 11.3 Å². The van der Waals surface area contributed by atoms with Gasteiger partial charge in [0.25, 0.3) is 0 Å². The average molecular weight is 400 g/mol. The zero-order chi connectivity index (χ0) is 18.4. The number of aryl methyl sites for hydroxylation is 2. The molecule has 2 aliphatic heterocycles. The van der Waals surface area contributed by atoms with Gasteiger partial charge in [0.15, 0.2) is 0 Å². The molecular formula is C19H22ClN7O. The van der Waals surface area contributed by atoms with Gasteiger partial charge in [0, 0.05) is 56.0 Å². The lowest BCUT2D eigenvalue weighted by Gasteiger charge is -2.22. The summed E-state index contributed by atoms with van der Waals surface area (Å²) < 4.78 is 3.81. The van der Waals surface area contributed by atoms with Crippen LogP contribution in [0.5, 0.6) is 0 Å². The number of carbonyl (C=O) groups excluding carboxylic acids is 1. The summed E-state index contributed by atoms with van der Waals surface area (Å²) >= 11 is 0. The Kier molecular flexibility index (Phi) is 4.91. The SMILES string of the molecule is Cl.Cn1nc(-c2cccnc2)c2c1NC(=O)CC2c1cc2n(n1)CCCNC2. The van der Waals surface area contributed by atoms with Crippen LogP contribution in [0.4, 0.5) is 5.82 Å². The molecule has 0 bridgehead atoms. The summed E-state index contributed by atoms with van der Waals surface area (Å²) in [5.74, 6) is 0.628. The summed E-state index contributed by atoms with van der Waals surface area (Å²) in [4.78, 5) is 16.6. The first-order valence-corrected chi connectivity index (χ1v) is 9.25.